The van der Waals surface area contributed by atoms with Gasteiger partial charge in [-0.05, 0) is 19.9 Å². The van der Waals surface area contributed by atoms with E-state index in [9.17, 15) is 0 Å². The third-order valence-electron chi connectivity index (χ3n) is 2.77. The third-order valence-corrected chi connectivity index (χ3v) is 2.77. The van der Waals surface area contributed by atoms with E-state index in [-0.39, 0.29) is 6.04 Å². The molecule has 0 aliphatic heterocycles. The van der Waals surface area contributed by atoms with Crippen LogP contribution in [0.1, 0.15) is 19.7 Å². The van der Waals surface area contributed by atoms with Crippen LogP contribution in [0.4, 0.5) is 11.6 Å². The molecule has 21 heavy (non-hydrogen) atoms. The molecule has 8 heteroatoms. The molecule has 0 aliphatic carbocycles. The Kier molecular flexibility index (Phi) is 5.47. The maximum Gasteiger partial charge on any atom is 0.158 e. The van der Waals surface area contributed by atoms with E-state index in [0.717, 1.165) is 6.54 Å². The molecule has 4 N–H and O–H groups in total. The number of nitrogens with one attached hydrogen (secondary N) is 2. The topological polar surface area (TPSA) is 103 Å². The first kappa shape index (κ1) is 15.2. The van der Waals surface area contributed by atoms with Gasteiger partial charge in [-0.2, -0.15) is 5.10 Å². The summed E-state index contributed by atoms with van der Waals surface area (Å²) < 4.78 is 7.19. The average molecular weight is 291 g/mol. The lowest BCUT2D eigenvalue weighted by Crippen LogP contribution is -2.23. The lowest BCUT2D eigenvalue weighted by molar-refractivity contribution is 0.128. The molecule has 0 saturated heterocycles. The number of nitrogens with two attached hydrogens (primary N) is 1. The summed E-state index contributed by atoms with van der Waals surface area (Å²) in [5, 5.41) is 7.49. The summed E-state index contributed by atoms with van der Waals surface area (Å²) in [7, 11) is 0. The minimum absolute atomic E-state index is 0.158. The van der Waals surface area contributed by atoms with E-state index in [0.29, 0.717) is 30.7 Å². The molecule has 0 bridgehead atoms. The minimum atomic E-state index is 0.158. The zero-order chi connectivity index (χ0) is 15.1. The highest BCUT2D eigenvalue weighted by molar-refractivity contribution is 5.47. The third kappa shape index (κ3) is 4.69. The van der Waals surface area contributed by atoms with E-state index in [1.54, 1.807) is 12.3 Å². The second kappa shape index (κ2) is 7.55. The van der Waals surface area contributed by atoms with Crippen LogP contribution in [0, 0.1) is 0 Å². The summed E-state index contributed by atoms with van der Waals surface area (Å²) in [6, 6.07) is 3.81. The lowest BCUT2D eigenvalue weighted by Gasteiger charge is -2.16. The van der Waals surface area contributed by atoms with Gasteiger partial charge in [0.25, 0.3) is 0 Å². The van der Waals surface area contributed by atoms with Crippen molar-refractivity contribution < 1.29 is 4.74 Å². The van der Waals surface area contributed by atoms with Gasteiger partial charge in [0.05, 0.1) is 6.54 Å². The fourth-order valence-electron chi connectivity index (χ4n) is 1.89. The molecule has 0 spiro atoms. The van der Waals surface area contributed by atoms with E-state index in [4.69, 9.17) is 10.6 Å². The van der Waals surface area contributed by atoms with Crippen molar-refractivity contribution in [3.05, 3.63) is 30.4 Å². The fraction of sp³-hybridized carbons (Fsp3) is 0.462. The number of nitrogens with zero attached hydrogens (tertiary/aromatic N) is 4. The van der Waals surface area contributed by atoms with Crippen LogP contribution in [0.5, 0.6) is 0 Å². The van der Waals surface area contributed by atoms with Gasteiger partial charge in [0.2, 0.25) is 0 Å². The van der Waals surface area contributed by atoms with E-state index >= 15 is 0 Å². The van der Waals surface area contributed by atoms with Crippen LogP contribution in [0.2, 0.25) is 0 Å². The van der Waals surface area contributed by atoms with Gasteiger partial charge < -0.3 is 15.5 Å². The van der Waals surface area contributed by atoms with Gasteiger partial charge in [0.15, 0.2) is 5.82 Å². The quantitative estimate of drug-likeness (QED) is 0.492. The van der Waals surface area contributed by atoms with E-state index in [1.807, 2.05) is 23.9 Å². The molecule has 2 aromatic rings. The van der Waals surface area contributed by atoms with Crippen molar-refractivity contribution in [1.29, 1.82) is 0 Å². The molecule has 2 heterocycles. The zero-order valence-corrected chi connectivity index (χ0v) is 12.3. The van der Waals surface area contributed by atoms with Crippen LogP contribution in [0.15, 0.2) is 24.5 Å². The van der Waals surface area contributed by atoms with Gasteiger partial charge in [-0.25, -0.2) is 15.8 Å². The van der Waals surface area contributed by atoms with Gasteiger partial charge in [-0.1, -0.05) is 0 Å². The van der Waals surface area contributed by atoms with Crippen molar-refractivity contribution in [3.63, 3.8) is 0 Å². The second-order valence-electron chi connectivity index (χ2n) is 4.61. The minimum Gasteiger partial charge on any atom is -0.374 e. The molecule has 8 nitrogen and oxygen atoms in total. The maximum absolute atomic E-state index is 5.43. The highest BCUT2D eigenvalue weighted by atomic mass is 16.5. The molecule has 2 rings (SSSR count). The summed E-state index contributed by atoms with van der Waals surface area (Å²) in [6.07, 6.45) is 3.68. The SMILES string of the molecule is CCOCc1nc(NN)cc(NC(C)Cn2cccn2)n1. The van der Waals surface area contributed by atoms with Crippen molar-refractivity contribution in [3.8, 4) is 0 Å². The summed E-state index contributed by atoms with van der Waals surface area (Å²) >= 11 is 0. The molecule has 114 valence electrons. The van der Waals surface area contributed by atoms with Gasteiger partial charge in [0.1, 0.15) is 18.2 Å². The average Bonchev–Trinajstić information content (AvgIpc) is 2.97. The van der Waals surface area contributed by atoms with Crippen LogP contribution in [0.3, 0.4) is 0 Å². The smallest absolute Gasteiger partial charge is 0.158 e. The van der Waals surface area contributed by atoms with Crippen LogP contribution < -0.4 is 16.6 Å². The lowest BCUT2D eigenvalue weighted by atomic mass is 10.3. The summed E-state index contributed by atoms with van der Waals surface area (Å²) in [6.45, 7) is 5.69. The number of hydrogen-bond donors (Lipinski definition) is 3. The predicted molar refractivity (Wildman–Crippen MR) is 80.5 cm³/mol. The number of rotatable bonds is 8. The second-order valence-corrected chi connectivity index (χ2v) is 4.61. The number of hydrazine groups is 1. The summed E-state index contributed by atoms with van der Waals surface area (Å²) in [5.74, 6) is 7.27. The molecule has 0 amide bonds. The number of aromatic nitrogens is 4. The molecule has 0 fully saturated rings. The van der Waals surface area contributed by atoms with Crippen molar-refractivity contribution in [2.45, 2.75) is 33.0 Å². The Bertz CT molecular complexity index is 543. The molecule has 2 aromatic heterocycles. The number of nitrogen functional groups attached to an aromatic ring is 1. The molecular weight excluding hydrogens is 270 g/mol. The molecule has 0 radical (unpaired) electrons. The Hall–Kier alpha value is -2.19. The number of anilines is 2. The van der Waals surface area contributed by atoms with Gasteiger partial charge in [-0.3, -0.25) is 4.68 Å². The van der Waals surface area contributed by atoms with Crippen molar-refractivity contribution in [2.75, 3.05) is 17.3 Å². The molecule has 0 aliphatic rings. The van der Waals surface area contributed by atoms with Crippen LogP contribution >= 0.6 is 0 Å². The maximum atomic E-state index is 5.43. The fourth-order valence-corrected chi connectivity index (χ4v) is 1.89. The molecular formula is C13H21N7O. The highest BCUT2D eigenvalue weighted by Crippen LogP contribution is 2.12. The number of hydrogen-bond acceptors (Lipinski definition) is 7. The van der Waals surface area contributed by atoms with E-state index in [2.05, 4.69) is 32.7 Å². The van der Waals surface area contributed by atoms with Gasteiger partial charge in [-0.15, -0.1) is 0 Å². The van der Waals surface area contributed by atoms with E-state index < -0.39 is 0 Å². The monoisotopic (exact) mass is 291 g/mol. The van der Waals surface area contributed by atoms with Gasteiger partial charge >= 0.3 is 0 Å². The largest absolute Gasteiger partial charge is 0.374 e. The van der Waals surface area contributed by atoms with Gasteiger partial charge in [0, 0.05) is 31.1 Å². The first-order chi connectivity index (χ1) is 10.2. The van der Waals surface area contributed by atoms with Crippen molar-refractivity contribution in [1.82, 2.24) is 19.7 Å². The molecule has 0 saturated carbocycles. The zero-order valence-electron chi connectivity index (χ0n) is 12.3. The van der Waals surface area contributed by atoms with E-state index in [1.165, 1.54) is 0 Å². The Morgan fingerprint density at radius 1 is 1.38 bits per heavy atom. The number of ether oxygens (including phenoxy) is 1. The Morgan fingerprint density at radius 3 is 2.86 bits per heavy atom. The Labute approximate surface area is 123 Å². The van der Waals surface area contributed by atoms with Crippen molar-refractivity contribution >= 4 is 11.6 Å². The van der Waals surface area contributed by atoms with Crippen LogP contribution in [0.25, 0.3) is 0 Å². The highest BCUT2D eigenvalue weighted by Gasteiger charge is 2.08. The van der Waals surface area contributed by atoms with Crippen LogP contribution in [-0.2, 0) is 17.9 Å². The molecule has 1 atom stereocenters. The molecule has 0 aromatic carbocycles. The first-order valence-corrected chi connectivity index (χ1v) is 6.87. The first-order valence-electron chi connectivity index (χ1n) is 6.87. The molecule has 1 unspecified atom stereocenters. The Morgan fingerprint density at radius 2 is 2.19 bits per heavy atom. The van der Waals surface area contributed by atoms with Crippen LogP contribution in [-0.4, -0.2) is 32.4 Å². The summed E-state index contributed by atoms with van der Waals surface area (Å²) in [5.41, 5.74) is 2.54. The Balaban J connectivity index is 2.03. The standard InChI is InChI=1S/C13H21N7O/c1-3-21-9-13-17-11(7-12(18-13)19-14)16-10(2)8-20-6-4-5-15-20/h4-7,10H,3,8-9,14H2,1-2H3,(H2,16,17,18,19). The predicted octanol–water partition coefficient (Wildman–Crippen LogP) is 0.996. The summed E-state index contributed by atoms with van der Waals surface area (Å²) in [4.78, 5) is 8.66. The van der Waals surface area contributed by atoms with Crippen molar-refractivity contribution in [2.24, 2.45) is 5.84 Å². The normalized spacial score (nSPS) is 12.1.